The number of fused-ring (bicyclic) bond motifs is 2. The van der Waals surface area contributed by atoms with Crippen LogP contribution in [0, 0.1) is 29.5 Å². The number of sulfonamides is 1. The van der Waals surface area contributed by atoms with Gasteiger partial charge in [0.15, 0.2) is 0 Å². The van der Waals surface area contributed by atoms with E-state index >= 15 is 0 Å². The van der Waals surface area contributed by atoms with Crippen LogP contribution in [0.3, 0.4) is 0 Å². The zero-order valence-corrected chi connectivity index (χ0v) is 30.4. The normalized spacial score (nSPS) is 29.0. The lowest BCUT2D eigenvalue weighted by molar-refractivity contribution is -0.139. The first-order valence-electron chi connectivity index (χ1n) is 18.9. The van der Waals surface area contributed by atoms with Crippen LogP contribution < -0.4 is 15.8 Å². The number of primary amides is 1. The van der Waals surface area contributed by atoms with Gasteiger partial charge in [-0.2, -0.15) is 0 Å². The van der Waals surface area contributed by atoms with Gasteiger partial charge in [0.1, 0.15) is 30.1 Å². The molecule has 16 heteroatoms. The van der Waals surface area contributed by atoms with Crippen LogP contribution in [0.4, 0.5) is 14.0 Å². The number of rotatable bonds is 15. The summed E-state index contributed by atoms with van der Waals surface area (Å²) in [7, 11) is -3.55. The van der Waals surface area contributed by atoms with Crippen molar-refractivity contribution < 1.29 is 46.3 Å². The van der Waals surface area contributed by atoms with Gasteiger partial charge in [0.25, 0.3) is 0 Å². The molecular formula is C37H48FN5O9S. The number of amides is 5. The number of hydrogen-bond donors (Lipinski definition) is 3. The highest BCUT2D eigenvalue weighted by Gasteiger charge is 2.48. The number of likely N-dealkylation sites (tertiary alicyclic amines) is 1. The molecule has 4 saturated carbocycles. The molecular weight excluding hydrogens is 709 g/mol. The van der Waals surface area contributed by atoms with Crippen LogP contribution >= 0.6 is 0 Å². The van der Waals surface area contributed by atoms with E-state index in [1.54, 1.807) is 12.1 Å². The highest BCUT2D eigenvalue weighted by atomic mass is 32.2. The molecule has 14 nitrogen and oxygen atoms in total. The van der Waals surface area contributed by atoms with E-state index in [1.165, 1.54) is 15.9 Å². The quantitative estimate of drug-likeness (QED) is 0.178. The van der Waals surface area contributed by atoms with Gasteiger partial charge in [-0.15, -0.1) is 0 Å². The van der Waals surface area contributed by atoms with Gasteiger partial charge < -0.3 is 25.4 Å². The summed E-state index contributed by atoms with van der Waals surface area (Å²) in [4.78, 5) is 67.5. The first kappa shape index (κ1) is 37.1. The zero-order valence-electron chi connectivity index (χ0n) is 29.6. The molecule has 7 rings (SSSR count). The maximum atomic E-state index is 14.3. The van der Waals surface area contributed by atoms with Gasteiger partial charge in [0, 0.05) is 24.4 Å². The Labute approximate surface area is 308 Å². The molecule has 0 bridgehead atoms. The van der Waals surface area contributed by atoms with E-state index in [1.807, 2.05) is 12.2 Å². The number of nitrogens with one attached hydrogen (secondary N) is 2. The fourth-order valence-electron chi connectivity index (χ4n) is 8.13. The molecule has 4 aliphatic carbocycles. The van der Waals surface area contributed by atoms with Crippen molar-refractivity contribution in [2.45, 2.75) is 120 Å². The van der Waals surface area contributed by atoms with Crippen molar-refractivity contribution in [2.75, 3.05) is 6.54 Å². The van der Waals surface area contributed by atoms with E-state index in [2.05, 4.69) is 10.0 Å². The molecule has 53 heavy (non-hydrogen) atoms. The SMILES string of the molecule is NC(=O)[C@@H]1C[C@@H](OC(=O)N2Cc3cccc(F)c3C2)CN1C(=O)[C@H](CCCCC/C=C\[C@@H]1C[C@@H]1C(=O)NS(=O)(=O)C1CC1)NC(=O)O[C@@H]1C[C@@H]2C[C@@H]2C1. The van der Waals surface area contributed by atoms with Crippen LogP contribution in [-0.2, 0) is 47.0 Å². The lowest BCUT2D eigenvalue weighted by Gasteiger charge is -2.28. The molecule has 288 valence electrons. The second kappa shape index (κ2) is 15.3. The molecule has 1 aromatic rings. The second-order valence-electron chi connectivity index (χ2n) is 15.6. The van der Waals surface area contributed by atoms with Crippen LogP contribution in [0.15, 0.2) is 30.4 Å². The molecule has 2 aliphatic heterocycles. The van der Waals surface area contributed by atoms with Crippen LogP contribution in [0.25, 0.3) is 0 Å². The Bertz CT molecular complexity index is 1760. The van der Waals surface area contributed by atoms with E-state index in [-0.39, 0.29) is 50.4 Å². The van der Waals surface area contributed by atoms with Gasteiger partial charge in [-0.25, -0.2) is 22.4 Å². The summed E-state index contributed by atoms with van der Waals surface area (Å²) in [5.74, 6) is -1.23. The number of nitrogens with two attached hydrogens (primary N) is 1. The number of halogens is 1. The van der Waals surface area contributed by atoms with Crippen LogP contribution in [0.5, 0.6) is 0 Å². The summed E-state index contributed by atoms with van der Waals surface area (Å²) >= 11 is 0. The number of nitrogens with zero attached hydrogens (tertiary/aromatic N) is 2. The first-order valence-corrected chi connectivity index (χ1v) is 20.4. The maximum absolute atomic E-state index is 14.3. The van der Waals surface area contributed by atoms with Crippen LogP contribution in [0.2, 0.25) is 0 Å². The smallest absolute Gasteiger partial charge is 0.410 e. The third-order valence-electron chi connectivity index (χ3n) is 11.5. The lowest BCUT2D eigenvalue weighted by atomic mass is 10.0. The zero-order chi connectivity index (χ0) is 37.4. The number of ether oxygens (including phenoxy) is 2. The predicted molar refractivity (Wildman–Crippen MR) is 187 cm³/mol. The summed E-state index contributed by atoms with van der Waals surface area (Å²) in [6, 6.07) is 2.61. The molecule has 5 fully saturated rings. The summed E-state index contributed by atoms with van der Waals surface area (Å²) < 4.78 is 51.9. The van der Waals surface area contributed by atoms with Crippen molar-refractivity contribution in [3.63, 3.8) is 0 Å². The Morgan fingerprint density at radius 1 is 0.962 bits per heavy atom. The molecule has 2 heterocycles. The molecule has 1 aromatic carbocycles. The topological polar surface area (TPSA) is 195 Å². The second-order valence-corrected chi connectivity index (χ2v) is 17.6. The summed E-state index contributed by atoms with van der Waals surface area (Å²) in [5, 5.41) is 2.30. The van der Waals surface area contributed by atoms with Crippen molar-refractivity contribution in [1.29, 1.82) is 0 Å². The largest absolute Gasteiger partial charge is 0.446 e. The number of carbonyl (C=O) groups excluding carboxylic acids is 5. The summed E-state index contributed by atoms with van der Waals surface area (Å²) in [6.07, 6.45) is 9.20. The predicted octanol–water partition coefficient (Wildman–Crippen LogP) is 3.38. The Kier molecular flexibility index (Phi) is 10.7. The Morgan fingerprint density at radius 2 is 1.74 bits per heavy atom. The third-order valence-corrected chi connectivity index (χ3v) is 13.4. The fraction of sp³-hybridized carbons (Fsp3) is 0.649. The van der Waals surface area contributed by atoms with E-state index in [9.17, 15) is 36.8 Å². The number of hydrogen-bond acceptors (Lipinski definition) is 9. The number of carbonyl (C=O) groups is 5. The highest BCUT2D eigenvalue weighted by molar-refractivity contribution is 7.90. The molecule has 6 aliphatic rings. The highest BCUT2D eigenvalue weighted by Crippen LogP contribution is 2.52. The number of unbranched alkanes of at least 4 members (excludes halogenated alkanes) is 3. The lowest BCUT2D eigenvalue weighted by Crippen LogP contribution is -2.53. The molecule has 1 saturated heterocycles. The molecule has 8 atom stereocenters. The Morgan fingerprint density at radius 3 is 2.45 bits per heavy atom. The van der Waals surface area contributed by atoms with Crippen molar-refractivity contribution in [2.24, 2.45) is 29.4 Å². The average Bonchev–Trinajstić information content (AvgIpc) is 4.07. The number of allylic oxidation sites excluding steroid dienone is 2. The van der Waals surface area contributed by atoms with E-state index in [0.29, 0.717) is 48.6 Å². The monoisotopic (exact) mass is 757 g/mol. The standard InChI is InChI=1S/C37H48FN5O9S/c38-30-9-6-8-22-18-42(20-29(22)30)37(48)52-26-17-32(33(39)44)43(19-26)35(46)31(40-36(47)51-25-14-23-13-24(23)15-25)10-5-3-1-2-4-7-21-16-28(21)34(45)41-53(49,50)27-11-12-27/h4,6-9,21,23-28,31-32H,1-3,5,10-20H2,(H2,39,44)(H,40,47)(H,41,45)/b7-4-/t21-,23-,24+,25+,26-,28+,31+,32+/m1/s1. The molecule has 0 unspecified atom stereocenters. The Hall–Kier alpha value is -4.21. The van der Waals surface area contributed by atoms with Crippen molar-refractivity contribution >= 4 is 39.9 Å². The van der Waals surface area contributed by atoms with E-state index in [4.69, 9.17) is 15.2 Å². The molecule has 0 radical (unpaired) electrons. The minimum absolute atomic E-state index is 0.00381. The van der Waals surface area contributed by atoms with Crippen molar-refractivity contribution in [1.82, 2.24) is 19.8 Å². The van der Waals surface area contributed by atoms with Gasteiger partial charge in [-0.3, -0.25) is 24.0 Å². The van der Waals surface area contributed by atoms with Crippen molar-refractivity contribution in [3.05, 3.63) is 47.3 Å². The molecule has 0 aromatic heterocycles. The van der Waals surface area contributed by atoms with Crippen LogP contribution in [0.1, 0.15) is 88.2 Å². The maximum Gasteiger partial charge on any atom is 0.410 e. The van der Waals surface area contributed by atoms with Crippen molar-refractivity contribution in [3.8, 4) is 0 Å². The van der Waals surface area contributed by atoms with Gasteiger partial charge in [-0.05, 0) is 87.2 Å². The average molecular weight is 758 g/mol. The first-order chi connectivity index (χ1) is 25.4. The number of alkyl carbamates (subject to hydrolysis) is 1. The van der Waals surface area contributed by atoms with Gasteiger partial charge >= 0.3 is 12.2 Å². The van der Waals surface area contributed by atoms with E-state index < -0.39 is 69.2 Å². The van der Waals surface area contributed by atoms with Gasteiger partial charge in [0.05, 0.1) is 18.3 Å². The molecule has 0 spiro atoms. The van der Waals surface area contributed by atoms with Crippen LogP contribution in [-0.4, -0.2) is 84.2 Å². The van der Waals surface area contributed by atoms with E-state index in [0.717, 1.165) is 38.5 Å². The third kappa shape index (κ3) is 8.95. The summed E-state index contributed by atoms with van der Waals surface area (Å²) in [6.45, 7) is 0.134. The minimum atomic E-state index is -3.55. The van der Waals surface area contributed by atoms with Gasteiger partial charge in [-0.1, -0.05) is 37.1 Å². The van der Waals surface area contributed by atoms with Gasteiger partial charge in [0.2, 0.25) is 27.7 Å². The molecule has 5 amide bonds. The minimum Gasteiger partial charge on any atom is -0.446 e. The fourth-order valence-corrected chi connectivity index (χ4v) is 9.48. The Balaban J connectivity index is 0.901. The summed E-state index contributed by atoms with van der Waals surface area (Å²) in [5.41, 5.74) is 6.82. The number of benzene rings is 1. The molecule has 4 N–H and O–H groups in total.